The molecule has 1 saturated carbocycles. The first-order valence-electron chi connectivity index (χ1n) is 11.5. The van der Waals surface area contributed by atoms with Crippen LogP contribution in [0, 0.1) is 6.92 Å². The minimum absolute atomic E-state index is 0.222. The molecule has 0 radical (unpaired) electrons. The molecule has 2 aliphatic rings. The Hall–Kier alpha value is -4.01. The lowest BCUT2D eigenvalue weighted by Crippen LogP contribution is -2.44. The van der Waals surface area contributed by atoms with Crippen molar-refractivity contribution in [1.82, 2.24) is 5.32 Å². The summed E-state index contributed by atoms with van der Waals surface area (Å²) in [5.74, 6) is -0.384. The third-order valence-corrected chi connectivity index (χ3v) is 6.72. The van der Waals surface area contributed by atoms with E-state index in [1.807, 2.05) is 6.07 Å². The number of urea groups is 1. The second kappa shape index (κ2) is 8.58. The lowest BCUT2D eigenvalue weighted by molar-refractivity contribution is -0.137. The minimum Gasteiger partial charge on any atom is -0.478 e. The van der Waals surface area contributed by atoms with Crippen LogP contribution in [-0.4, -0.2) is 23.7 Å². The van der Waals surface area contributed by atoms with Crippen LogP contribution in [-0.2, 0) is 18.1 Å². The first kappa shape index (κ1) is 23.7. The number of rotatable bonds is 5. The Morgan fingerprint density at radius 2 is 1.78 bits per heavy atom. The van der Waals surface area contributed by atoms with Crippen LogP contribution in [0.5, 0.6) is 11.5 Å². The number of para-hydroxylation sites is 1. The summed E-state index contributed by atoms with van der Waals surface area (Å²) >= 11 is 0. The van der Waals surface area contributed by atoms with Crippen LogP contribution in [0.25, 0.3) is 0 Å². The standard InChI is InChI=1S/C27H23F3N2O4/c1-16-15-19(7-10-21(16)24(33)34)26(12-13-26)31-25(35)32-14-11-17-3-2-4-22(23(17)32)36-20-8-5-18(6-9-20)27(28,29)30/h2-10,15H,11-14H2,1H3,(H,31,35)(H,33,34). The number of anilines is 1. The van der Waals surface area contributed by atoms with Crippen molar-refractivity contribution in [2.75, 3.05) is 11.4 Å². The number of ether oxygens (including phenoxy) is 1. The highest BCUT2D eigenvalue weighted by molar-refractivity contribution is 5.97. The molecule has 0 unspecified atom stereocenters. The molecular formula is C27H23F3N2O4. The topological polar surface area (TPSA) is 78.9 Å². The zero-order valence-corrected chi connectivity index (χ0v) is 19.4. The number of alkyl halides is 3. The summed E-state index contributed by atoms with van der Waals surface area (Å²) in [5, 5.41) is 12.4. The van der Waals surface area contributed by atoms with E-state index in [4.69, 9.17) is 4.74 Å². The van der Waals surface area contributed by atoms with Crippen LogP contribution in [0.2, 0.25) is 0 Å². The summed E-state index contributed by atoms with van der Waals surface area (Å²) < 4.78 is 44.6. The van der Waals surface area contributed by atoms with Crippen molar-refractivity contribution in [1.29, 1.82) is 0 Å². The molecule has 2 amide bonds. The maximum atomic E-state index is 13.4. The lowest BCUT2D eigenvalue weighted by atomic mass is 9.99. The van der Waals surface area contributed by atoms with Gasteiger partial charge in [0.2, 0.25) is 0 Å². The van der Waals surface area contributed by atoms with Gasteiger partial charge in [0, 0.05) is 6.54 Å². The highest BCUT2D eigenvalue weighted by atomic mass is 19.4. The third kappa shape index (κ3) is 4.36. The molecule has 5 rings (SSSR count). The highest BCUT2D eigenvalue weighted by Gasteiger charge is 2.47. The zero-order chi connectivity index (χ0) is 25.7. The van der Waals surface area contributed by atoms with Crippen LogP contribution in [0.15, 0.2) is 60.7 Å². The van der Waals surface area contributed by atoms with Gasteiger partial charge in [-0.3, -0.25) is 4.90 Å². The fraction of sp³-hybridized carbons (Fsp3) is 0.259. The lowest BCUT2D eigenvalue weighted by Gasteiger charge is -2.25. The number of hydrogen-bond acceptors (Lipinski definition) is 3. The van der Waals surface area contributed by atoms with E-state index in [0.29, 0.717) is 30.0 Å². The number of carbonyl (C=O) groups is 2. The third-order valence-electron chi connectivity index (χ3n) is 6.72. The molecule has 3 aromatic carbocycles. The summed E-state index contributed by atoms with van der Waals surface area (Å²) in [7, 11) is 0. The van der Waals surface area contributed by atoms with Gasteiger partial charge in [0.15, 0.2) is 5.75 Å². The van der Waals surface area contributed by atoms with Gasteiger partial charge >= 0.3 is 18.2 Å². The smallest absolute Gasteiger partial charge is 0.416 e. The number of aromatic carboxylic acids is 1. The molecule has 3 aromatic rings. The van der Waals surface area contributed by atoms with Crippen LogP contribution in [0.3, 0.4) is 0 Å². The highest BCUT2D eigenvalue weighted by Crippen LogP contribution is 2.47. The number of halogens is 3. The Bertz CT molecular complexity index is 1350. The number of carboxylic acid groups (broad SMARTS) is 1. The molecule has 0 bridgehead atoms. The van der Waals surface area contributed by atoms with Gasteiger partial charge in [0.25, 0.3) is 0 Å². The average molecular weight is 496 g/mol. The molecule has 1 fully saturated rings. The van der Waals surface area contributed by atoms with E-state index in [1.54, 1.807) is 42.2 Å². The number of aryl methyl sites for hydroxylation is 1. The molecule has 1 aliphatic carbocycles. The van der Waals surface area contributed by atoms with Gasteiger partial charge < -0.3 is 15.2 Å². The first-order chi connectivity index (χ1) is 17.1. The fourth-order valence-electron chi connectivity index (χ4n) is 4.63. The maximum absolute atomic E-state index is 13.4. The summed E-state index contributed by atoms with van der Waals surface area (Å²) in [4.78, 5) is 26.3. The van der Waals surface area contributed by atoms with E-state index < -0.39 is 23.2 Å². The van der Waals surface area contributed by atoms with Gasteiger partial charge in [-0.05, 0) is 79.3 Å². The number of benzene rings is 3. The van der Waals surface area contributed by atoms with Crippen molar-refractivity contribution >= 4 is 17.7 Å². The van der Waals surface area contributed by atoms with Crippen molar-refractivity contribution < 1.29 is 32.6 Å². The Kier molecular flexibility index (Phi) is 5.65. The van der Waals surface area contributed by atoms with Gasteiger partial charge in [-0.25, -0.2) is 9.59 Å². The Balaban J connectivity index is 1.37. The Labute approximate surface area is 205 Å². The second-order valence-corrected chi connectivity index (χ2v) is 9.14. The van der Waals surface area contributed by atoms with E-state index in [-0.39, 0.29) is 17.3 Å². The SMILES string of the molecule is Cc1cc(C2(NC(=O)N3CCc4cccc(Oc5ccc(C(F)(F)F)cc5)c43)CC2)ccc1C(=O)O. The molecule has 0 atom stereocenters. The summed E-state index contributed by atoms with van der Waals surface area (Å²) in [6, 6.07) is 14.6. The van der Waals surface area contributed by atoms with E-state index in [2.05, 4.69) is 5.32 Å². The average Bonchev–Trinajstić information content (AvgIpc) is 3.47. The predicted molar refractivity (Wildman–Crippen MR) is 127 cm³/mol. The molecule has 186 valence electrons. The first-order valence-corrected chi connectivity index (χ1v) is 11.5. The maximum Gasteiger partial charge on any atom is 0.416 e. The number of hydrogen-bond donors (Lipinski definition) is 2. The number of nitrogens with one attached hydrogen (secondary N) is 1. The van der Waals surface area contributed by atoms with Crippen molar-refractivity contribution in [3.05, 3.63) is 88.5 Å². The zero-order valence-electron chi connectivity index (χ0n) is 19.4. The molecule has 0 aromatic heterocycles. The van der Waals surface area contributed by atoms with E-state index in [0.717, 1.165) is 36.1 Å². The van der Waals surface area contributed by atoms with Gasteiger partial charge in [0.1, 0.15) is 5.75 Å². The molecule has 1 heterocycles. The second-order valence-electron chi connectivity index (χ2n) is 9.14. The largest absolute Gasteiger partial charge is 0.478 e. The number of nitrogens with zero attached hydrogens (tertiary/aromatic N) is 1. The Morgan fingerprint density at radius 1 is 1.06 bits per heavy atom. The van der Waals surface area contributed by atoms with E-state index >= 15 is 0 Å². The summed E-state index contributed by atoms with van der Waals surface area (Å²) in [6.07, 6.45) is -2.36. The minimum atomic E-state index is -4.44. The van der Waals surface area contributed by atoms with Crippen molar-refractivity contribution in [2.24, 2.45) is 0 Å². The van der Waals surface area contributed by atoms with Crippen LogP contribution in [0.4, 0.5) is 23.7 Å². The van der Waals surface area contributed by atoms with Gasteiger partial charge in [-0.2, -0.15) is 13.2 Å². The van der Waals surface area contributed by atoms with E-state index in [9.17, 15) is 27.9 Å². The van der Waals surface area contributed by atoms with Crippen molar-refractivity contribution in [3.8, 4) is 11.5 Å². The molecular weight excluding hydrogens is 473 g/mol. The fourth-order valence-corrected chi connectivity index (χ4v) is 4.63. The van der Waals surface area contributed by atoms with Crippen LogP contribution in [0.1, 0.15) is 45.5 Å². The molecule has 9 heteroatoms. The van der Waals surface area contributed by atoms with Gasteiger partial charge in [0.05, 0.1) is 22.4 Å². The van der Waals surface area contributed by atoms with Crippen LogP contribution < -0.4 is 15.0 Å². The van der Waals surface area contributed by atoms with Crippen molar-refractivity contribution in [2.45, 2.75) is 37.9 Å². The van der Waals surface area contributed by atoms with Gasteiger partial charge in [-0.15, -0.1) is 0 Å². The number of carboxylic acids is 1. The summed E-state index contributed by atoms with van der Waals surface area (Å²) in [6.45, 7) is 2.16. The molecule has 0 spiro atoms. The van der Waals surface area contributed by atoms with Crippen LogP contribution >= 0.6 is 0 Å². The molecule has 36 heavy (non-hydrogen) atoms. The molecule has 1 aliphatic heterocycles. The monoisotopic (exact) mass is 496 g/mol. The van der Waals surface area contributed by atoms with E-state index in [1.165, 1.54) is 12.1 Å². The number of amides is 2. The molecule has 0 saturated heterocycles. The Morgan fingerprint density at radius 3 is 2.39 bits per heavy atom. The number of fused-ring (bicyclic) bond motifs is 1. The summed E-state index contributed by atoms with van der Waals surface area (Å²) in [5.41, 5.74) is 1.86. The van der Waals surface area contributed by atoms with Gasteiger partial charge in [-0.1, -0.05) is 24.3 Å². The van der Waals surface area contributed by atoms with Crippen molar-refractivity contribution in [3.63, 3.8) is 0 Å². The number of carbonyl (C=O) groups excluding carboxylic acids is 1. The molecule has 2 N–H and O–H groups in total. The predicted octanol–water partition coefficient (Wildman–Crippen LogP) is 6.27. The quantitative estimate of drug-likeness (QED) is 0.437. The normalized spacial score (nSPS) is 15.8. The molecule has 6 nitrogen and oxygen atoms in total.